The van der Waals surface area contributed by atoms with Gasteiger partial charge in [-0.2, -0.15) is 0 Å². The highest BCUT2D eigenvalue weighted by Crippen LogP contribution is 2.47. The van der Waals surface area contributed by atoms with E-state index < -0.39 is 23.7 Å². The van der Waals surface area contributed by atoms with Crippen LogP contribution in [0.2, 0.25) is 10.0 Å². The molecule has 2 aromatic rings. The SMILES string of the molecule is CCC[C@@H](C(=O)O)N1C(=O)CO[C@](C)(c2cccc(Cl)c2)[C@@H]1c1ccc(Cl)cc1. The monoisotopic (exact) mass is 435 g/mol. The fourth-order valence-electron chi connectivity index (χ4n) is 3.95. The van der Waals surface area contributed by atoms with Gasteiger partial charge < -0.3 is 14.7 Å². The van der Waals surface area contributed by atoms with Crippen LogP contribution >= 0.6 is 23.2 Å². The molecule has 7 heteroatoms. The van der Waals surface area contributed by atoms with Gasteiger partial charge in [-0.05, 0) is 48.7 Å². The topological polar surface area (TPSA) is 66.8 Å². The summed E-state index contributed by atoms with van der Waals surface area (Å²) in [6.07, 6.45) is 0.972. The van der Waals surface area contributed by atoms with Gasteiger partial charge in [-0.25, -0.2) is 4.79 Å². The summed E-state index contributed by atoms with van der Waals surface area (Å²) in [5, 5.41) is 11.0. The maximum absolute atomic E-state index is 12.9. The lowest BCUT2D eigenvalue weighted by molar-refractivity contribution is -0.189. The second-order valence-electron chi connectivity index (χ2n) is 7.30. The minimum atomic E-state index is -1.03. The van der Waals surface area contributed by atoms with Crippen molar-refractivity contribution in [1.82, 2.24) is 4.90 Å². The molecule has 2 aromatic carbocycles. The quantitative estimate of drug-likeness (QED) is 0.687. The van der Waals surface area contributed by atoms with Crippen molar-refractivity contribution in [3.05, 3.63) is 69.7 Å². The third-order valence-corrected chi connectivity index (χ3v) is 5.84. The van der Waals surface area contributed by atoms with Crippen molar-refractivity contribution >= 4 is 35.1 Å². The Kier molecular flexibility index (Phi) is 6.52. The van der Waals surface area contributed by atoms with Crippen LogP contribution < -0.4 is 0 Å². The van der Waals surface area contributed by atoms with Gasteiger partial charge in [0.1, 0.15) is 18.2 Å². The molecule has 1 fully saturated rings. The van der Waals surface area contributed by atoms with E-state index in [1.54, 1.807) is 36.4 Å². The zero-order chi connectivity index (χ0) is 21.2. The number of carbonyl (C=O) groups excluding carboxylic acids is 1. The molecule has 1 amide bonds. The molecule has 0 unspecified atom stereocenters. The maximum Gasteiger partial charge on any atom is 0.326 e. The summed E-state index contributed by atoms with van der Waals surface area (Å²) in [6, 6.07) is 12.7. The zero-order valence-electron chi connectivity index (χ0n) is 16.3. The van der Waals surface area contributed by atoms with Gasteiger partial charge in [-0.3, -0.25) is 4.79 Å². The zero-order valence-corrected chi connectivity index (χ0v) is 17.8. The number of ether oxygens (including phenoxy) is 1. The molecule has 154 valence electrons. The van der Waals surface area contributed by atoms with Crippen LogP contribution in [0.4, 0.5) is 0 Å². The van der Waals surface area contributed by atoms with E-state index in [1.807, 2.05) is 26.0 Å². The molecule has 0 aliphatic carbocycles. The normalized spacial score (nSPS) is 23.1. The molecule has 5 nitrogen and oxygen atoms in total. The van der Waals surface area contributed by atoms with E-state index in [0.29, 0.717) is 22.9 Å². The van der Waals surface area contributed by atoms with Gasteiger partial charge in [0.15, 0.2) is 0 Å². The lowest BCUT2D eigenvalue weighted by Gasteiger charge is -2.50. The summed E-state index contributed by atoms with van der Waals surface area (Å²) < 4.78 is 6.08. The van der Waals surface area contributed by atoms with Crippen LogP contribution in [-0.2, 0) is 19.9 Å². The fraction of sp³-hybridized carbons (Fsp3) is 0.364. The highest BCUT2D eigenvalue weighted by molar-refractivity contribution is 6.30. The Bertz CT molecular complexity index is 902. The summed E-state index contributed by atoms with van der Waals surface area (Å²) in [5.41, 5.74) is 0.518. The lowest BCUT2D eigenvalue weighted by atomic mass is 9.80. The Balaban J connectivity index is 2.21. The van der Waals surface area contributed by atoms with Gasteiger partial charge in [0, 0.05) is 10.0 Å². The first-order valence-corrected chi connectivity index (χ1v) is 10.2. The average Bonchev–Trinajstić information content (AvgIpc) is 2.69. The molecule has 0 bridgehead atoms. The van der Waals surface area contributed by atoms with Crippen molar-refractivity contribution in [3.8, 4) is 0 Å². The molecule has 1 aliphatic heterocycles. The Morgan fingerprint density at radius 2 is 1.93 bits per heavy atom. The fourth-order valence-corrected chi connectivity index (χ4v) is 4.26. The second kappa shape index (κ2) is 8.74. The molecule has 0 radical (unpaired) electrons. The number of nitrogens with zero attached hydrogens (tertiary/aromatic N) is 1. The minimum absolute atomic E-state index is 0.208. The lowest BCUT2D eigenvalue weighted by Crippen LogP contribution is -2.58. The molecule has 1 aliphatic rings. The summed E-state index contributed by atoms with van der Waals surface area (Å²) in [5.74, 6) is -1.39. The number of aliphatic carboxylic acids is 1. The van der Waals surface area contributed by atoms with Crippen molar-refractivity contribution < 1.29 is 19.4 Å². The van der Waals surface area contributed by atoms with Gasteiger partial charge in [-0.1, -0.05) is 60.8 Å². The third-order valence-electron chi connectivity index (χ3n) is 5.35. The van der Waals surface area contributed by atoms with Crippen LogP contribution in [0.15, 0.2) is 48.5 Å². The summed E-state index contributed by atoms with van der Waals surface area (Å²) >= 11 is 12.3. The largest absolute Gasteiger partial charge is 0.480 e. The highest BCUT2D eigenvalue weighted by atomic mass is 35.5. The number of amides is 1. The molecule has 1 N–H and O–H groups in total. The van der Waals surface area contributed by atoms with Crippen molar-refractivity contribution in [2.45, 2.75) is 44.4 Å². The number of carbonyl (C=O) groups is 2. The van der Waals surface area contributed by atoms with Gasteiger partial charge in [0.05, 0.1) is 6.04 Å². The van der Waals surface area contributed by atoms with E-state index in [2.05, 4.69) is 0 Å². The van der Waals surface area contributed by atoms with Crippen molar-refractivity contribution in [2.24, 2.45) is 0 Å². The van der Waals surface area contributed by atoms with E-state index in [-0.39, 0.29) is 12.5 Å². The van der Waals surface area contributed by atoms with Crippen LogP contribution in [0, 0.1) is 0 Å². The van der Waals surface area contributed by atoms with Crippen LogP contribution in [0.25, 0.3) is 0 Å². The number of hydrogen-bond donors (Lipinski definition) is 1. The Labute approximate surface area is 180 Å². The number of hydrogen-bond acceptors (Lipinski definition) is 3. The molecule has 1 heterocycles. The summed E-state index contributed by atoms with van der Waals surface area (Å²) in [6.45, 7) is 3.55. The van der Waals surface area contributed by atoms with Gasteiger partial charge in [0.2, 0.25) is 5.91 Å². The summed E-state index contributed by atoms with van der Waals surface area (Å²) in [7, 11) is 0. The van der Waals surface area contributed by atoms with Gasteiger partial charge in [-0.15, -0.1) is 0 Å². The number of morpholine rings is 1. The molecule has 0 saturated carbocycles. The van der Waals surface area contributed by atoms with Gasteiger partial charge in [0.25, 0.3) is 0 Å². The number of carboxylic acids is 1. The van der Waals surface area contributed by atoms with Crippen LogP contribution in [0.3, 0.4) is 0 Å². The molecule has 0 spiro atoms. The Hall–Kier alpha value is -2.08. The highest BCUT2D eigenvalue weighted by Gasteiger charge is 2.51. The number of carboxylic acid groups (broad SMARTS) is 1. The number of halogens is 2. The van der Waals surface area contributed by atoms with Crippen molar-refractivity contribution in [1.29, 1.82) is 0 Å². The molecule has 29 heavy (non-hydrogen) atoms. The molecular weight excluding hydrogens is 413 g/mol. The summed E-state index contributed by atoms with van der Waals surface area (Å²) in [4.78, 5) is 26.5. The standard InChI is InChI=1S/C22H23Cl2NO4/c1-3-5-18(21(27)28)25-19(26)13-29-22(2,15-6-4-7-17(24)12-15)20(25)14-8-10-16(23)11-9-14/h4,6-12,18,20H,3,5,13H2,1-2H3,(H,27,28)/t18-,20-,22+/m0/s1. The first-order chi connectivity index (χ1) is 13.8. The van der Waals surface area contributed by atoms with E-state index >= 15 is 0 Å². The van der Waals surface area contributed by atoms with Gasteiger partial charge >= 0.3 is 5.97 Å². The van der Waals surface area contributed by atoms with Crippen molar-refractivity contribution in [2.75, 3.05) is 6.61 Å². The van der Waals surface area contributed by atoms with E-state index in [4.69, 9.17) is 27.9 Å². The maximum atomic E-state index is 12.9. The van der Waals surface area contributed by atoms with Crippen LogP contribution in [0.5, 0.6) is 0 Å². The van der Waals surface area contributed by atoms with E-state index in [1.165, 1.54) is 4.90 Å². The van der Waals surface area contributed by atoms with E-state index in [0.717, 1.165) is 11.1 Å². The molecular formula is C22H23Cl2NO4. The number of rotatable bonds is 6. The Morgan fingerprint density at radius 3 is 2.52 bits per heavy atom. The molecule has 1 saturated heterocycles. The first kappa shape index (κ1) is 21.6. The predicted octanol–water partition coefficient (Wildman–Crippen LogP) is 5.06. The molecule has 3 atom stereocenters. The minimum Gasteiger partial charge on any atom is -0.480 e. The smallest absolute Gasteiger partial charge is 0.326 e. The van der Waals surface area contributed by atoms with Crippen LogP contribution in [0.1, 0.15) is 43.9 Å². The number of benzene rings is 2. The second-order valence-corrected chi connectivity index (χ2v) is 8.18. The molecule has 0 aromatic heterocycles. The molecule has 3 rings (SSSR count). The third kappa shape index (κ3) is 4.27. The Morgan fingerprint density at radius 1 is 1.24 bits per heavy atom. The van der Waals surface area contributed by atoms with Crippen molar-refractivity contribution in [3.63, 3.8) is 0 Å². The predicted molar refractivity (Wildman–Crippen MR) is 112 cm³/mol. The van der Waals surface area contributed by atoms with Crippen LogP contribution in [-0.4, -0.2) is 34.5 Å². The first-order valence-electron chi connectivity index (χ1n) is 9.47. The average molecular weight is 436 g/mol. The van der Waals surface area contributed by atoms with E-state index in [9.17, 15) is 14.7 Å².